The highest BCUT2D eigenvalue weighted by Gasteiger charge is 2.30. The molecular weight excluding hydrogens is 379 g/mol. The van der Waals surface area contributed by atoms with Crippen molar-refractivity contribution in [2.75, 3.05) is 5.32 Å². The zero-order chi connectivity index (χ0) is 20.4. The van der Waals surface area contributed by atoms with Crippen LogP contribution in [0, 0.1) is 0 Å². The van der Waals surface area contributed by atoms with Crippen molar-refractivity contribution < 1.29 is 18.3 Å². The summed E-state index contributed by atoms with van der Waals surface area (Å²) in [6.07, 6.45) is 0.335. The molecule has 2 heterocycles. The lowest BCUT2D eigenvalue weighted by Gasteiger charge is -2.22. The summed E-state index contributed by atoms with van der Waals surface area (Å²) in [6.45, 7) is 0. The number of phenolic OH excluding ortho intramolecular Hbond substituents is 1. The lowest BCUT2D eigenvalue weighted by atomic mass is 9.97. The summed E-state index contributed by atoms with van der Waals surface area (Å²) >= 11 is 0. The van der Waals surface area contributed by atoms with Crippen molar-refractivity contribution in [3.8, 4) is 5.75 Å². The SMILES string of the molecule is Oc1c([C@H](Nc2cccc(C(F)(F)F)c2)c2cccnc2)ccc2cccnc12. The minimum atomic E-state index is -4.45. The van der Waals surface area contributed by atoms with E-state index in [0.29, 0.717) is 16.6 Å². The highest BCUT2D eigenvalue weighted by molar-refractivity contribution is 5.86. The van der Waals surface area contributed by atoms with Crippen molar-refractivity contribution in [2.24, 2.45) is 0 Å². The first-order chi connectivity index (χ1) is 13.9. The predicted molar refractivity (Wildman–Crippen MR) is 105 cm³/mol. The van der Waals surface area contributed by atoms with Gasteiger partial charge in [-0.2, -0.15) is 13.2 Å². The van der Waals surface area contributed by atoms with Crippen molar-refractivity contribution in [3.05, 3.63) is 95.9 Å². The average Bonchev–Trinajstić information content (AvgIpc) is 2.73. The standard InChI is InChI=1S/C22H16F3N3O/c23-22(24,25)16-6-1-7-17(12-16)28-19(15-5-2-10-26-13-15)18-9-8-14-4-3-11-27-20(14)21(18)29/h1-13,19,28-29H/t19-/m1/s1. The number of hydrogen-bond acceptors (Lipinski definition) is 4. The number of anilines is 1. The van der Waals surface area contributed by atoms with Crippen molar-refractivity contribution in [2.45, 2.75) is 12.2 Å². The van der Waals surface area contributed by atoms with Crippen LogP contribution < -0.4 is 5.32 Å². The first kappa shape index (κ1) is 18.7. The molecule has 0 bridgehead atoms. The summed E-state index contributed by atoms with van der Waals surface area (Å²) < 4.78 is 39.3. The number of hydrogen-bond donors (Lipinski definition) is 2. The number of rotatable bonds is 4. The largest absolute Gasteiger partial charge is 0.505 e. The second-order valence-corrected chi connectivity index (χ2v) is 6.52. The van der Waals surface area contributed by atoms with E-state index < -0.39 is 17.8 Å². The third kappa shape index (κ3) is 3.85. The number of fused-ring (bicyclic) bond motifs is 1. The van der Waals surface area contributed by atoms with Crippen LogP contribution >= 0.6 is 0 Å². The number of pyridine rings is 2. The number of alkyl halides is 3. The van der Waals surface area contributed by atoms with Gasteiger partial charge in [0.1, 0.15) is 11.3 Å². The van der Waals surface area contributed by atoms with Crippen LogP contribution in [-0.4, -0.2) is 15.1 Å². The Morgan fingerprint density at radius 2 is 1.76 bits per heavy atom. The van der Waals surface area contributed by atoms with Gasteiger partial charge in [-0.15, -0.1) is 0 Å². The minimum absolute atomic E-state index is 0.0311. The summed E-state index contributed by atoms with van der Waals surface area (Å²) in [6, 6.07) is 15.0. The van der Waals surface area contributed by atoms with Crippen LogP contribution in [0.4, 0.5) is 18.9 Å². The monoisotopic (exact) mass is 395 g/mol. The molecule has 2 aromatic heterocycles. The van der Waals surface area contributed by atoms with Crippen molar-refractivity contribution in [1.29, 1.82) is 0 Å². The van der Waals surface area contributed by atoms with Gasteiger partial charge in [0.2, 0.25) is 0 Å². The highest BCUT2D eigenvalue weighted by atomic mass is 19.4. The van der Waals surface area contributed by atoms with E-state index in [1.54, 1.807) is 48.9 Å². The third-order valence-corrected chi connectivity index (χ3v) is 4.61. The number of phenols is 1. The van der Waals surface area contributed by atoms with E-state index in [4.69, 9.17) is 0 Å². The molecule has 2 aromatic carbocycles. The van der Waals surface area contributed by atoms with Crippen LogP contribution in [0.3, 0.4) is 0 Å². The second kappa shape index (κ2) is 7.43. The molecule has 0 aliphatic rings. The molecule has 7 heteroatoms. The van der Waals surface area contributed by atoms with Crippen LogP contribution in [0.5, 0.6) is 5.75 Å². The molecule has 0 saturated heterocycles. The molecule has 0 unspecified atom stereocenters. The number of halogens is 3. The second-order valence-electron chi connectivity index (χ2n) is 6.52. The van der Waals surface area contributed by atoms with Gasteiger partial charge in [0, 0.05) is 35.2 Å². The van der Waals surface area contributed by atoms with Gasteiger partial charge < -0.3 is 10.4 Å². The first-order valence-electron chi connectivity index (χ1n) is 8.84. The molecule has 146 valence electrons. The molecular formula is C22H16F3N3O. The summed E-state index contributed by atoms with van der Waals surface area (Å²) in [7, 11) is 0. The van der Waals surface area contributed by atoms with Crippen LogP contribution in [0.25, 0.3) is 10.9 Å². The smallest absolute Gasteiger partial charge is 0.416 e. The molecule has 0 amide bonds. The molecule has 29 heavy (non-hydrogen) atoms. The van der Waals surface area contributed by atoms with E-state index in [1.807, 2.05) is 12.1 Å². The van der Waals surface area contributed by atoms with E-state index >= 15 is 0 Å². The summed E-state index contributed by atoms with van der Waals surface area (Å²) in [4.78, 5) is 8.33. The van der Waals surface area contributed by atoms with E-state index in [-0.39, 0.29) is 11.4 Å². The van der Waals surface area contributed by atoms with Gasteiger partial charge in [-0.1, -0.05) is 30.3 Å². The maximum atomic E-state index is 13.1. The van der Waals surface area contributed by atoms with Crippen LogP contribution in [0.2, 0.25) is 0 Å². The number of aromatic nitrogens is 2. The Kier molecular flexibility index (Phi) is 4.80. The maximum absolute atomic E-state index is 13.1. The van der Waals surface area contributed by atoms with Gasteiger partial charge in [0.25, 0.3) is 0 Å². The minimum Gasteiger partial charge on any atom is -0.505 e. The molecule has 4 aromatic rings. The van der Waals surface area contributed by atoms with Crippen molar-refractivity contribution in [1.82, 2.24) is 9.97 Å². The van der Waals surface area contributed by atoms with Crippen LogP contribution in [0.15, 0.2) is 79.3 Å². The van der Waals surface area contributed by atoms with Gasteiger partial charge in [0.15, 0.2) is 0 Å². The molecule has 0 aliphatic heterocycles. The zero-order valence-electron chi connectivity index (χ0n) is 15.1. The van der Waals surface area contributed by atoms with Crippen LogP contribution in [0.1, 0.15) is 22.7 Å². The molecule has 4 rings (SSSR count). The molecule has 1 atom stereocenters. The topological polar surface area (TPSA) is 58.0 Å². The number of aromatic hydroxyl groups is 1. The molecule has 0 saturated carbocycles. The van der Waals surface area contributed by atoms with Crippen molar-refractivity contribution >= 4 is 16.6 Å². The fourth-order valence-electron chi connectivity index (χ4n) is 3.22. The average molecular weight is 395 g/mol. The highest BCUT2D eigenvalue weighted by Crippen LogP contribution is 2.37. The quantitative estimate of drug-likeness (QED) is 0.475. The zero-order valence-corrected chi connectivity index (χ0v) is 15.1. The number of benzene rings is 2. The fourth-order valence-corrected chi connectivity index (χ4v) is 3.22. The maximum Gasteiger partial charge on any atom is 0.416 e. The van der Waals surface area contributed by atoms with Gasteiger partial charge in [-0.3, -0.25) is 9.97 Å². The van der Waals surface area contributed by atoms with Crippen molar-refractivity contribution in [3.63, 3.8) is 0 Å². The Morgan fingerprint density at radius 3 is 2.52 bits per heavy atom. The van der Waals surface area contributed by atoms with E-state index in [1.165, 1.54) is 6.07 Å². The molecule has 0 aliphatic carbocycles. The Morgan fingerprint density at radius 1 is 0.931 bits per heavy atom. The Bertz CT molecular complexity index is 1150. The van der Waals surface area contributed by atoms with Crippen LogP contribution in [-0.2, 0) is 6.18 Å². The van der Waals surface area contributed by atoms with Gasteiger partial charge in [0.05, 0.1) is 11.6 Å². The molecule has 0 spiro atoms. The number of nitrogens with one attached hydrogen (secondary N) is 1. The van der Waals surface area contributed by atoms with E-state index in [0.717, 1.165) is 17.5 Å². The fraction of sp³-hybridized carbons (Fsp3) is 0.0909. The Labute approximate surface area is 164 Å². The molecule has 0 radical (unpaired) electrons. The molecule has 0 fully saturated rings. The van der Waals surface area contributed by atoms with E-state index in [9.17, 15) is 18.3 Å². The van der Waals surface area contributed by atoms with Gasteiger partial charge in [-0.05, 0) is 35.9 Å². The summed E-state index contributed by atoms with van der Waals surface area (Å²) in [5.41, 5.74) is 1.12. The summed E-state index contributed by atoms with van der Waals surface area (Å²) in [5.74, 6) is -0.0311. The lowest BCUT2D eigenvalue weighted by Crippen LogP contribution is -2.14. The van der Waals surface area contributed by atoms with Gasteiger partial charge >= 0.3 is 6.18 Å². The number of nitrogens with zero attached hydrogens (tertiary/aromatic N) is 2. The lowest BCUT2D eigenvalue weighted by molar-refractivity contribution is -0.137. The summed E-state index contributed by atoms with van der Waals surface area (Å²) in [5, 5.41) is 14.7. The molecule has 2 N–H and O–H groups in total. The normalized spacial score (nSPS) is 12.7. The Hall–Kier alpha value is -3.61. The Balaban J connectivity index is 1.81. The first-order valence-corrected chi connectivity index (χ1v) is 8.84. The third-order valence-electron chi connectivity index (χ3n) is 4.61. The van der Waals surface area contributed by atoms with E-state index in [2.05, 4.69) is 15.3 Å². The predicted octanol–water partition coefficient (Wildman–Crippen LogP) is 5.56. The van der Waals surface area contributed by atoms with Gasteiger partial charge in [-0.25, -0.2) is 0 Å². The molecule has 4 nitrogen and oxygen atoms in total.